The van der Waals surface area contributed by atoms with E-state index in [9.17, 15) is 22.4 Å². The van der Waals surface area contributed by atoms with E-state index in [4.69, 9.17) is 9.47 Å². The lowest BCUT2D eigenvalue weighted by Crippen LogP contribution is -2.16. The Kier molecular flexibility index (Phi) is 5.76. The molecule has 0 spiro atoms. The summed E-state index contributed by atoms with van der Waals surface area (Å²) in [5.74, 6) is -1.97. The van der Waals surface area contributed by atoms with Gasteiger partial charge in [-0.25, -0.2) is 17.6 Å². The third kappa shape index (κ3) is 4.45. The van der Waals surface area contributed by atoms with Crippen molar-refractivity contribution in [2.24, 2.45) is 0 Å². The lowest BCUT2D eigenvalue weighted by atomic mass is 10.1. The quantitative estimate of drug-likeness (QED) is 0.566. The molecule has 0 N–H and O–H groups in total. The predicted octanol–water partition coefficient (Wildman–Crippen LogP) is 2.59. The summed E-state index contributed by atoms with van der Waals surface area (Å²) in [6, 6.07) is 7.48. The molecule has 6 nitrogen and oxygen atoms in total. The molecule has 0 saturated carbocycles. The molecule has 2 aromatic rings. The van der Waals surface area contributed by atoms with Gasteiger partial charge in [-0.1, -0.05) is 6.07 Å². The highest BCUT2D eigenvalue weighted by Gasteiger charge is 2.19. The number of rotatable bonds is 6. The molecule has 0 aliphatic carbocycles. The minimum Gasteiger partial charge on any atom is -0.496 e. The number of aryl methyl sites for hydroxylation is 1. The van der Waals surface area contributed by atoms with Crippen molar-refractivity contribution in [2.75, 3.05) is 20.0 Å². The molecule has 0 aliphatic heterocycles. The van der Waals surface area contributed by atoms with Crippen LogP contribution in [0.1, 0.15) is 26.3 Å². The second kappa shape index (κ2) is 7.65. The standard InChI is InChI=1S/C18H17FO6S/c1-11-4-6-13(26(3,22)23)9-14(11)18(21)25-10-16(20)15-8-12(19)5-7-17(15)24-2/h4-9H,10H2,1-3H3. The van der Waals surface area contributed by atoms with Crippen LogP contribution in [0.2, 0.25) is 0 Å². The molecule has 26 heavy (non-hydrogen) atoms. The number of hydrogen-bond donors (Lipinski definition) is 0. The monoisotopic (exact) mass is 380 g/mol. The van der Waals surface area contributed by atoms with Gasteiger partial charge in [-0.15, -0.1) is 0 Å². The van der Waals surface area contributed by atoms with Gasteiger partial charge in [-0.05, 0) is 42.8 Å². The number of methoxy groups -OCH3 is 1. The first kappa shape index (κ1) is 19.6. The van der Waals surface area contributed by atoms with Crippen LogP contribution in [0.25, 0.3) is 0 Å². The van der Waals surface area contributed by atoms with Crippen molar-refractivity contribution in [2.45, 2.75) is 11.8 Å². The van der Waals surface area contributed by atoms with Crippen molar-refractivity contribution in [1.29, 1.82) is 0 Å². The van der Waals surface area contributed by atoms with Crippen LogP contribution in [0.5, 0.6) is 5.75 Å². The molecule has 0 aromatic heterocycles. The molecular weight excluding hydrogens is 363 g/mol. The topological polar surface area (TPSA) is 86.7 Å². The van der Waals surface area contributed by atoms with E-state index in [1.54, 1.807) is 6.92 Å². The van der Waals surface area contributed by atoms with Gasteiger partial charge in [-0.2, -0.15) is 0 Å². The number of ketones is 1. The Morgan fingerprint density at radius 2 is 1.77 bits per heavy atom. The minimum atomic E-state index is -3.50. The van der Waals surface area contributed by atoms with E-state index >= 15 is 0 Å². The van der Waals surface area contributed by atoms with E-state index < -0.39 is 34.0 Å². The summed E-state index contributed by atoms with van der Waals surface area (Å²) < 4.78 is 46.5. The van der Waals surface area contributed by atoms with Gasteiger partial charge in [0.2, 0.25) is 5.78 Å². The third-order valence-corrected chi connectivity index (χ3v) is 4.76. The molecule has 138 valence electrons. The molecule has 2 aromatic carbocycles. The molecule has 0 aliphatic rings. The molecule has 2 rings (SSSR count). The van der Waals surface area contributed by atoms with Crippen LogP contribution in [0.3, 0.4) is 0 Å². The van der Waals surface area contributed by atoms with Crippen LogP contribution in [0.4, 0.5) is 4.39 Å². The van der Waals surface area contributed by atoms with Gasteiger partial charge in [0.15, 0.2) is 16.4 Å². The summed E-state index contributed by atoms with van der Waals surface area (Å²) in [5.41, 5.74) is 0.479. The molecule has 0 unspecified atom stereocenters. The highest BCUT2D eigenvalue weighted by atomic mass is 32.2. The summed E-state index contributed by atoms with van der Waals surface area (Å²) in [7, 11) is -2.17. The lowest BCUT2D eigenvalue weighted by molar-refractivity contribution is 0.0473. The number of hydrogen-bond acceptors (Lipinski definition) is 6. The molecule has 0 fully saturated rings. The third-order valence-electron chi connectivity index (χ3n) is 3.65. The normalized spacial score (nSPS) is 11.1. The fourth-order valence-electron chi connectivity index (χ4n) is 2.24. The average molecular weight is 380 g/mol. The number of carbonyl (C=O) groups excluding carboxylic acids is 2. The van der Waals surface area contributed by atoms with Crippen molar-refractivity contribution in [3.63, 3.8) is 0 Å². The molecule has 0 amide bonds. The summed E-state index contributed by atoms with van der Waals surface area (Å²) in [5, 5.41) is 0. The Bertz CT molecular complexity index is 966. The maximum atomic E-state index is 13.3. The Labute approximate surface area is 150 Å². The van der Waals surface area contributed by atoms with E-state index in [-0.39, 0.29) is 21.8 Å². The molecule has 0 bridgehead atoms. The Balaban J connectivity index is 2.19. The largest absolute Gasteiger partial charge is 0.496 e. The van der Waals surface area contributed by atoms with E-state index in [0.717, 1.165) is 18.4 Å². The SMILES string of the molecule is COc1ccc(F)cc1C(=O)COC(=O)c1cc(S(C)(=O)=O)ccc1C. The average Bonchev–Trinajstić information content (AvgIpc) is 2.58. The zero-order valence-corrected chi connectivity index (χ0v) is 15.2. The molecular formula is C18H17FO6S. The zero-order chi connectivity index (χ0) is 19.5. The fraction of sp³-hybridized carbons (Fsp3) is 0.222. The summed E-state index contributed by atoms with van der Waals surface area (Å²) in [6.07, 6.45) is 1.02. The van der Waals surface area contributed by atoms with Crippen molar-refractivity contribution >= 4 is 21.6 Å². The first-order valence-corrected chi connectivity index (χ1v) is 9.37. The van der Waals surface area contributed by atoms with Crippen LogP contribution >= 0.6 is 0 Å². The van der Waals surface area contributed by atoms with Gasteiger partial charge in [0.05, 0.1) is 23.1 Å². The van der Waals surface area contributed by atoms with Gasteiger partial charge in [0.25, 0.3) is 0 Å². The van der Waals surface area contributed by atoms with Gasteiger partial charge >= 0.3 is 5.97 Å². The van der Waals surface area contributed by atoms with Gasteiger partial charge in [0.1, 0.15) is 11.6 Å². The minimum absolute atomic E-state index is 0.0341. The van der Waals surface area contributed by atoms with Gasteiger partial charge in [-0.3, -0.25) is 4.79 Å². The first-order chi connectivity index (χ1) is 12.1. The van der Waals surface area contributed by atoms with E-state index in [0.29, 0.717) is 5.56 Å². The van der Waals surface area contributed by atoms with Crippen LogP contribution in [0.15, 0.2) is 41.3 Å². The van der Waals surface area contributed by atoms with Gasteiger partial charge in [0, 0.05) is 6.26 Å². The van der Waals surface area contributed by atoms with Crippen molar-refractivity contribution < 1.29 is 31.9 Å². The maximum absolute atomic E-state index is 13.3. The highest BCUT2D eigenvalue weighted by Crippen LogP contribution is 2.21. The van der Waals surface area contributed by atoms with E-state index in [1.807, 2.05) is 0 Å². The second-order valence-corrected chi connectivity index (χ2v) is 7.61. The molecule has 0 saturated heterocycles. The number of ether oxygens (including phenoxy) is 2. The van der Waals surface area contributed by atoms with E-state index in [2.05, 4.69) is 0 Å². The van der Waals surface area contributed by atoms with Crippen LogP contribution < -0.4 is 4.74 Å². The number of Topliss-reactive ketones (excluding diaryl/α,β-unsaturated/α-hetero) is 1. The second-order valence-electron chi connectivity index (χ2n) is 5.59. The Morgan fingerprint density at radius 1 is 1.08 bits per heavy atom. The molecule has 8 heteroatoms. The fourth-order valence-corrected chi connectivity index (χ4v) is 2.88. The molecule has 0 radical (unpaired) electrons. The first-order valence-electron chi connectivity index (χ1n) is 7.48. The predicted molar refractivity (Wildman–Crippen MR) is 91.9 cm³/mol. The zero-order valence-electron chi connectivity index (χ0n) is 14.4. The number of halogens is 1. The summed E-state index contributed by atoms with van der Waals surface area (Å²) in [4.78, 5) is 24.4. The lowest BCUT2D eigenvalue weighted by Gasteiger charge is -2.10. The van der Waals surface area contributed by atoms with Crippen LogP contribution in [0, 0.1) is 12.7 Å². The Hall–Kier alpha value is -2.74. The summed E-state index contributed by atoms with van der Waals surface area (Å²) >= 11 is 0. The molecule has 0 heterocycles. The number of benzene rings is 2. The van der Waals surface area contributed by atoms with Gasteiger partial charge < -0.3 is 9.47 Å². The highest BCUT2D eigenvalue weighted by molar-refractivity contribution is 7.90. The Morgan fingerprint density at radius 3 is 2.38 bits per heavy atom. The summed E-state index contributed by atoms with van der Waals surface area (Å²) in [6.45, 7) is 0.973. The van der Waals surface area contributed by atoms with Crippen molar-refractivity contribution in [3.8, 4) is 5.75 Å². The van der Waals surface area contributed by atoms with Crippen LogP contribution in [-0.4, -0.2) is 40.1 Å². The van der Waals surface area contributed by atoms with Crippen molar-refractivity contribution in [1.82, 2.24) is 0 Å². The van der Waals surface area contributed by atoms with Crippen molar-refractivity contribution in [3.05, 3.63) is 58.9 Å². The van der Waals surface area contributed by atoms with E-state index in [1.165, 1.54) is 31.4 Å². The number of sulfone groups is 1. The molecule has 0 atom stereocenters. The smallest absolute Gasteiger partial charge is 0.338 e. The van der Waals surface area contributed by atoms with Crippen LogP contribution in [-0.2, 0) is 14.6 Å². The number of esters is 1. The maximum Gasteiger partial charge on any atom is 0.338 e. The number of carbonyl (C=O) groups is 2.